The molecule has 0 fully saturated rings. The average molecular weight is 576 g/mol. The first kappa shape index (κ1) is 25.4. The molecule has 0 N–H and O–H groups in total. The molecule has 210 valence electrons. The third-order valence-electron chi connectivity index (χ3n) is 8.51. The Morgan fingerprint density at radius 2 is 0.933 bits per heavy atom. The highest BCUT2D eigenvalue weighted by Crippen LogP contribution is 2.39. The SMILES string of the molecule is c1ccc(-c2nc(-c3cc(-c4cccc5ccccc45)cc4ccccc34)nc(-c3cccc4oc5ccccc5c34)n2)cc1. The molecular formula is C41H25N3O. The number of rotatable bonds is 4. The van der Waals surface area contributed by atoms with Crippen LogP contribution in [-0.4, -0.2) is 15.0 Å². The zero-order chi connectivity index (χ0) is 29.7. The van der Waals surface area contributed by atoms with E-state index in [0.29, 0.717) is 17.5 Å². The Kier molecular flexibility index (Phi) is 5.78. The summed E-state index contributed by atoms with van der Waals surface area (Å²) in [6.45, 7) is 0. The van der Waals surface area contributed by atoms with Gasteiger partial charge in [-0.15, -0.1) is 0 Å². The molecule has 4 heteroatoms. The lowest BCUT2D eigenvalue weighted by Gasteiger charge is -2.14. The normalized spacial score (nSPS) is 11.6. The summed E-state index contributed by atoms with van der Waals surface area (Å²) in [6, 6.07) is 52.2. The van der Waals surface area contributed by atoms with Gasteiger partial charge in [-0.25, -0.2) is 15.0 Å². The van der Waals surface area contributed by atoms with E-state index in [1.165, 1.54) is 16.3 Å². The molecule has 7 aromatic carbocycles. The Morgan fingerprint density at radius 1 is 0.356 bits per heavy atom. The molecule has 0 saturated heterocycles. The first-order valence-corrected chi connectivity index (χ1v) is 15.0. The number of hydrogen-bond donors (Lipinski definition) is 0. The Hall–Kier alpha value is -6.13. The van der Waals surface area contributed by atoms with E-state index in [9.17, 15) is 0 Å². The van der Waals surface area contributed by atoms with Gasteiger partial charge >= 0.3 is 0 Å². The van der Waals surface area contributed by atoms with Gasteiger partial charge in [-0.05, 0) is 56.9 Å². The van der Waals surface area contributed by atoms with E-state index < -0.39 is 0 Å². The topological polar surface area (TPSA) is 51.8 Å². The van der Waals surface area contributed by atoms with E-state index in [2.05, 4.69) is 91.0 Å². The Bertz CT molecular complexity index is 2540. The van der Waals surface area contributed by atoms with Crippen molar-refractivity contribution in [3.63, 3.8) is 0 Å². The van der Waals surface area contributed by atoms with Crippen molar-refractivity contribution in [1.29, 1.82) is 0 Å². The van der Waals surface area contributed by atoms with Gasteiger partial charge in [0.15, 0.2) is 17.5 Å². The van der Waals surface area contributed by atoms with Crippen LogP contribution >= 0.6 is 0 Å². The summed E-state index contributed by atoms with van der Waals surface area (Å²) in [7, 11) is 0. The predicted molar refractivity (Wildman–Crippen MR) is 184 cm³/mol. The predicted octanol–water partition coefficient (Wildman–Crippen LogP) is 10.7. The maximum Gasteiger partial charge on any atom is 0.164 e. The minimum atomic E-state index is 0.607. The summed E-state index contributed by atoms with van der Waals surface area (Å²) in [4.78, 5) is 15.4. The summed E-state index contributed by atoms with van der Waals surface area (Å²) in [6.07, 6.45) is 0. The largest absolute Gasteiger partial charge is 0.456 e. The van der Waals surface area contributed by atoms with Crippen molar-refractivity contribution in [2.24, 2.45) is 0 Å². The molecule has 0 atom stereocenters. The standard InChI is InChI=1S/C41H25N3O/c1-2-13-27(14-3-1)39-42-40(34-21-11-23-37-38(34)33-19-8-9-22-36(33)45-37)44-41(43-39)35-25-29(24-28-15-5-7-18-31(28)35)32-20-10-16-26-12-4-6-17-30(26)32/h1-25H. The van der Waals surface area contributed by atoms with Crippen LogP contribution in [0, 0.1) is 0 Å². The first-order valence-electron chi connectivity index (χ1n) is 15.0. The van der Waals surface area contributed by atoms with Gasteiger partial charge in [-0.1, -0.05) is 127 Å². The van der Waals surface area contributed by atoms with Gasteiger partial charge in [0.2, 0.25) is 0 Å². The molecule has 2 aromatic heterocycles. The number of furan rings is 1. The molecule has 4 nitrogen and oxygen atoms in total. The van der Waals surface area contributed by atoms with E-state index in [1.807, 2.05) is 60.7 Å². The van der Waals surface area contributed by atoms with E-state index >= 15 is 0 Å². The van der Waals surface area contributed by atoms with Crippen LogP contribution in [0.3, 0.4) is 0 Å². The highest BCUT2D eigenvalue weighted by Gasteiger charge is 2.19. The lowest BCUT2D eigenvalue weighted by Crippen LogP contribution is -2.01. The smallest absolute Gasteiger partial charge is 0.164 e. The number of aromatic nitrogens is 3. The molecule has 45 heavy (non-hydrogen) atoms. The zero-order valence-corrected chi connectivity index (χ0v) is 24.2. The molecule has 0 aliphatic carbocycles. The second kappa shape index (κ2) is 10.2. The fourth-order valence-electron chi connectivity index (χ4n) is 6.42. The molecule has 0 aliphatic heterocycles. The van der Waals surface area contributed by atoms with Crippen LogP contribution in [0.4, 0.5) is 0 Å². The van der Waals surface area contributed by atoms with Crippen LogP contribution < -0.4 is 0 Å². The molecule has 0 spiro atoms. The van der Waals surface area contributed by atoms with Crippen LogP contribution in [0.2, 0.25) is 0 Å². The Morgan fingerprint density at radius 3 is 1.78 bits per heavy atom. The summed E-state index contributed by atoms with van der Waals surface area (Å²) in [5, 5.41) is 6.67. The van der Waals surface area contributed by atoms with E-state index in [-0.39, 0.29) is 0 Å². The molecule has 0 unspecified atom stereocenters. The van der Waals surface area contributed by atoms with Gasteiger partial charge in [0.1, 0.15) is 11.2 Å². The molecule has 0 aliphatic rings. The molecule has 0 bridgehead atoms. The van der Waals surface area contributed by atoms with Crippen LogP contribution in [0.15, 0.2) is 156 Å². The van der Waals surface area contributed by atoms with Crippen molar-refractivity contribution in [2.75, 3.05) is 0 Å². The number of hydrogen-bond acceptors (Lipinski definition) is 4. The summed E-state index contributed by atoms with van der Waals surface area (Å²) in [5.41, 5.74) is 6.74. The fraction of sp³-hybridized carbons (Fsp3) is 0. The maximum absolute atomic E-state index is 6.23. The van der Waals surface area contributed by atoms with Gasteiger partial charge in [0.25, 0.3) is 0 Å². The molecule has 9 rings (SSSR count). The summed E-state index contributed by atoms with van der Waals surface area (Å²) in [5.74, 6) is 1.86. The average Bonchev–Trinajstić information content (AvgIpc) is 3.50. The fourth-order valence-corrected chi connectivity index (χ4v) is 6.42. The highest BCUT2D eigenvalue weighted by atomic mass is 16.3. The number of fused-ring (bicyclic) bond motifs is 5. The van der Waals surface area contributed by atoms with E-state index in [0.717, 1.165) is 55.0 Å². The van der Waals surface area contributed by atoms with Crippen molar-refractivity contribution in [3.05, 3.63) is 152 Å². The third kappa shape index (κ3) is 4.27. The number of nitrogens with zero attached hydrogens (tertiary/aromatic N) is 3. The second-order valence-corrected chi connectivity index (χ2v) is 11.2. The van der Waals surface area contributed by atoms with Crippen LogP contribution in [0.1, 0.15) is 0 Å². The lowest BCUT2D eigenvalue weighted by molar-refractivity contribution is 0.669. The van der Waals surface area contributed by atoms with Crippen molar-refractivity contribution >= 4 is 43.5 Å². The number of para-hydroxylation sites is 1. The molecule has 0 radical (unpaired) electrons. The van der Waals surface area contributed by atoms with E-state index in [4.69, 9.17) is 19.4 Å². The van der Waals surface area contributed by atoms with Crippen LogP contribution in [-0.2, 0) is 0 Å². The van der Waals surface area contributed by atoms with E-state index in [1.54, 1.807) is 0 Å². The van der Waals surface area contributed by atoms with Crippen LogP contribution in [0.25, 0.3) is 88.8 Å². The van der Waals surface area contributed by atoms with Crippen molar-refractivity contribution < 1.29 is 4.42 Å². The molecule has 9 aromatic rings. The van der Waals surface area contributed by atoms with Crippen molar-refractivity contribution in [2.45, 2.75) is 0 Å². The van der Waals surface area contributed by atoms with Gasteiger partial charge in [-0.2, -0.15) is 0 Å². The van der Waals surface area contributed by atoms with Crippen molar-refractivity contribution in [1.82, 2.24) is 15.0 Å². The van der Waals surface area contributed by atoms with Gasteiger partial charge < -0.3 is 4.42 Å². The molecule has 2 heterocycles. The quantitative estimate of drug-likeness (QED) is 0.209. The Labute approximate surface area is 259 Å². The van der Waals surface area contributed by atoms with Gasteiger partial charge in [-0.3, -0.25) is 0 Å². The van der Waals surface area contributed by atoms with Crippen molar-refractivity contribution in [3.8, 4) is 45.3 Å². The highest BCUT2D eigenvalue weighted by molar-refractivity contribution is 6.12. The van der Waals surface area contributed by atoms with Gasteiger partial charge in [0, 0.05) is 27.5 Å². The summed E-state index contributed by atoms with van der Waals surface area (Å²) >= 11 is 0. The minimum Gasteiger partial charge on any atom is -0.456 e. The number of benzene rings is 7. The maximum atomic E-state index is 6.23. The first-order chi connectivity index (χ1) is 22.3. The van der Waals surface area contributed by atoms with Crippen LogP contribution in [0.5, 0.6) is 0 Å². The van der Waals surface area contributed by atoms with Gasteiger partial charge in [0.05, 0.1) is 0 Å². The second-order valence-electron chi connectivity index (χ2n) is 11.2. The zero-order valence-electron chi connectivity index (χ0n) is 24.2. The third-order valence-corrected chi connectivity index (χ3v) is 8.51. The molecular weight excluding hydrogens is 550 g/mol. The minimum absolute atomic E-state index is 0.607. The molecule has 0 amide bonds. The molecule has 0 saturated carbocycles. The lowest BCUT2D eigenvalue weighted by atomic mass is 9.93. The Balaban J connectivity index is 1.34. The summed E-state index contributed by atoms with van der Waals surface area (Å²) < 4.78 is 6.23. The monoisotopic (exact) mass is 575 g/mol.